The van der Waals surface area contributed by atoms with Crippen LogP contribution in [0.1, 0.15) is 98.1 Å². The molecule has 0 bridgehead atoms. The first-order valence-corrected chi connectivity index (χ1v) is 13.4. The average molecular weight is 527 g/mol. The monoisotopic (exact) mass is 526 g/mol. The van der Waals surface area contributed by atoms with E-state index in [1.807, 2.05) is 20.8 Å². The van der Waals surface area contributed by atoms with Gasteiger partial charge in [-0.15, -0.1) is 0 Å². The number of Topliss-reactive ketones (excluding diaryl/α,β-unsaturated/α-hetero) is 2. The van der Waals surface area contributed by atoms with Crippen LogP contribution in [0, 0.1) is 0 Å². The molecule has 3 rings (SSSR count). The van der Waals surface area contributed by atoms with Gasteiger partial charge in [-0.1, -0.05) is 40.0 Å². The lowest BCUT2D eigenvalue weighted by molar-refractivity contribution is -0.156. The zero-order valence-electron chi connectivity index (χ0n) is 22.7. The summed E-state index contributed by atoms with van der Waals surface area (Å²) in [4.78, 5) is 36.8. The molecule has 0 aliphatic carbocycles. The van der Waals surface area contributed by atoms with Crippen LogP contribution in [0.4, 0.5) is 0 Å². The van der Waals surface area contributed by atoms with Crippen molar-refractivity contribution < 1.29 is 38.8 Å². The molecule has 0 amide bonds. The number of carboxylic acids is 1. The van der Waals surface area contributed by atoms with Gasteiger partial charge in [-0.2, -0.15) is 0 Å². The van der Waals surface area contributed by atoms with E-state index in [0.29, 0.717) is 72.8 Å². The molecule has 0 saturated carbocycles. The molecule has 2 aromatic rings. The maximum absolute atomic E-state index is 12.9. The molecule has 38 heavy (non-hydrogen) atoms. The maximum atomic E-state index is 12.9. The predicted molar refractivity (Wildman–Crippen MR) is 143 cm³/mol. The number of aromatic hydroxyl groups is 1. The molecule has 1 heterocycles. The van der Waals surface area contributed by atoms with Gasteiger partial charge in [-0.05, 0) is 50.5 Å². The lowest BCUT2D eigenvalue weighted by atomic mass is 9.85. The highest BCUT2D eigenvalue weighted by Crippen LogP contribution is 2.42. The summed E-state index contributed by atoms with van der Waals surface area (Å²) in [6.07, 6.45) is 3.89. The largest absolute Gasteiger partial charge is 0.507 e. The molecule has 1 aliphatic heterocycles. The number of fused-ring (bicyclic) bond motifs is 1. The van der Waals surface area contributed by atoms with Crippen molar-refractivity contribution in [2.75, 3.05) is 13.2 Å². The molecule has 2 N–H and O–H groups in total. The minimum absolute atomic E-state index is 0.0265. The third-order valence-electron chi connectivity index (χ3n) is 6.73. The highest BCUT2D eigenvalue weighted by molar-refractivity contribution is 6.04. The number of hydrogen-bond acceptors (Lipinski definition) is 7. The van der Waals surface area contributed by atoms with Gasteiger partial charge in [0, 0.05) is 17.5 Å². The van der Waals surface area contributed by atoms with Gasteiger partial charge in [-0.3, -0.25) is 9.59 Å². The van der Waals surface area contributed by atoms with Crippen LogP contribution in [-0.2, 0) is 17.6 Å². The smallest absolute Gasteiger partial charge is 0.348 e. The summed E-state index contributed by atoms with van der Waals surface area (Å²) in [5, 5.41) is 20.4. The fourth-order valence-corrected chi connectivity index (χ4v) is 4.88. The lowest BCUT2D eigenvalue weighted by Crippen LogP contribution is -2.49. The number of hydrogen-bond donors (Lipinski definition) is 2. The van der Waals surface area contributed by atoms with Gasteiger partial charge in [-0.25, -0.2) is 4.79 Å². The molecule has 1 unspecified atom stereocenters. The van der Waals surface area contributed by atoms with Crippen molar-refractivity contribution in [3.63, 3.8) is 0 Å². The summed E-state index contributed by atoms with van der Waals surface area (Å²) in [7, 11) is 0. The number of carbonyl (C=O) groups excluding carboxylic acids is 2. The number of carboxylic acid groups (broad SMARTS) is 1. The van der Waals surface area contributed by atoms with E-state index < -0.39 is 11.6 Å². The summed E-state index contributed by atoms with van der Waals surface area (Å²) in [5.41, 5.74) is 0.446. The Morgan fingerprint density at radius 3 is 2.13 bits per heavy atom. The fourth-order valence-electron chi connectivity index (χ4n) is 4.88. The highest BCUT2D eigenvalue weighted by atomic mass is 16.5. The summed E-state index contributed by atoms with van der Waals surface area (Å²) in [5.74, 6) is -0.169. The second-order valence-corrected chi connectivity index (χ2v) is 9.72. The predicted octanol–water partition coefficient (Wildman–Crippen LogP) is 5.94. The Kier molecular flexibility index (Phi) is 9.78. The number of carbonyl (C=O) groups is 3. The summed E-state index contributed by atoms with van der Waals surface area (Å²) < 4.78 is 18.1. The fraction of sp³-hybridized carbons (Fsp3) is 0.500. The molecule has 1 aliphatic rings. The number of ether oxygens (including phenoxy) is 3. The van der Waals surface area contributed by atoms with E-state index in [1.54, 1.807) is 24.3 Å². The van der Waals surface area contributed by atoms with E-state index in [2.05, 4.69) is 0 Å². The van der Waals surface area contributed by atoms with Crippen molar-refractivity contribution in [3.8, 4) is 23.0 Å². The summed E-state index contributed by atoms with van der Waals surface area (Å²) in [6, 6.07) is 6.68. The summed E-state index contributed by atoms with van der Waals surface area (Å²) in [6.45, 7) is 7.93. The van der Waals surface area contributed by atoms with Crippen molar-refractivity contribution in [2.24, 2.45) is 0 Å². The van der Waals surface area contributed by atoms with Crippen molar-refractivity contribution in [1.82, 2.24) is 0 Å². The Morgan fingerprint density at radius 1 is 0.947 bits per heavy atom. The minimum Gasteiger partial charge on any atom is -0.507 e. The SMILES string of the molecule is CCCc1c(OCCCOc2ccc3c(c2CCC)OC(CCC)(C(=O)O)CC3=O)ccc(C(C)=O)c1O. The van der Waals surface area contributed by atoms with Gasteiger partial charge in [0.2, 0.25) is 5.60 Å². The van der Waals surface area contributed by atoms with Crippen LogP contribution in [0.5, 0.6) is 23.0 Å². The van der Waals surface area contributed by atoms with Crippen molar-refractivity contribution in [1.29, 1.82) is 0 Å². The van der Waals surface area contributed by atoms with Crippen LogP contribution >= 0.6 is 0 Å². The number of rotatable bonds is 14. The van der Waals surface area contributed by atoms with Crippen LogP contribution in [0.2, 0.25) is 0 Å². The van der Waals surface area contributed by atoms with Gasteiger partial charge in [0.25, 0.3) is 0 Å². The second-order valence-electron chi connectivity index (χ2n) is 9.72. The van der Waals surface area contributed by atoms with Crippen LogP contribution in [0.3, 0.4) is 0 Å². The van der Waals surface area contributed by atoms with Crippen LogP contribution in [0.25, 0.3) is 0 Å². The molecule has 0 radical (unpaired) electrons. The number of phenolic OH excluding ortho intramolecular Hbond substituents is 1. The molecule has 0 fully saturated rings. The van der Waals surface area contributed by atoms with E-state index in [9.17, 15) is 24.6 Å². The van der Waals surface area contributed by atoms with Crippen LogP contribution < -0.4 is 14.2 Å². The third kappa shape index (κ3) is 6.11. The second kappa shape index (κ2) is 12.8. The molecule has 1 atom stereocenters. The zero-order valence-corrected chi connectivity index (χ0v) is 22.7. The van der Waals surface area contributed by atoms with Crippen molar-refractivity contribution in [2.45, 2.75) is 84.7 Å². The van der Waals surface area contributed by atoms with E-state index in [0.717, 1.165) is 12.8 Å². The molecule has 8 nitrogen and oxygen atoms in total. The van der Waals surface area contributed by atoms with E-state index in [-0.39, 0.29) is 35.7 Å². The first-order valence-electron chi connectivity index (χ1n) is 13.4. The van der Waals surface area contributed by atoms with E-state index in [4.69, 9.17) is 14.2 Å². The Labute approximate surface area is 223 Å². The summed E-state index contributed by atoms with van der Waals surface area (Å²) >= 11 is 0. The number of benzene rings is 2. The average Bonchev–Trinajstić information content (AvgIpc) is 2.86. The standard InChI is InChI=1S/C30H38O8/c1-5-9-22-25(13-11-20(19(4)31)27(22)33)36-16-8-17-37-26-14-12-21-24(32)18-30(15-7-3,29(34)35)38-28(21)23(26)10-6-2/h11-14,33H,5-10,15-18H2,1-4H3,(H,34,35). The molecular weight excluding hydrogens is 488 g/mol. The van der Waals surface area contributed by atoms with Gasteiger partial charge >= 0.3 is 5.97 Å². The molecule has 206 valence electrons. The van der Waals surface area contributed by atoms with Gasteiger partial charge < -0.3 is 24.4 Å². The normalized spacial score (nSPS) is 16.5. The highest BCUT2D eigenvalue weighted by Gasteiger charge is 2.47. The van der Waals surface area contributed by atoms with Crippen LogP contribution in [-0.4, -0.2) is 46.6 Å². The van der Waals surface area contributed by atoms with Crippen LogP contribution in [0.15, 0.2) is 24.3 Å². The van der Waals surface area contributed by atoms with Gasteiger partial charge in [0.15, 0.2) is 11.6 Å². The minimum atomic E-state index is -1.56. The molecule has 8 heteroatoms. The topological polar surface area (TPSA) is 119 Å². The molecule has 0 saturated heterocycles. The number of aliphatic carboxylic acids is 1. The van der Waals surface area contributed by atoms with Crippen molar-refractivity contribution >= 4 is 17.5 Å². The number of ketones is 2. The van der Waals surface area contributed by atoms with E-state index in [1.165, 1.54) is 6.92 Å². The first kappa shape index (κ1) is 29.0. The number of phenols is 1. The lowest BCUT2D eigenvalue weighted by Gasteiger charge is -2.35. The molecular formula is C30H38O8. The quantitative estimate of drug-likeness (QED) is 0.229. The van der Waals surface area contributed by atoms with Gasteiger partial charge in [0.05, 0.1) is 30.8 Å². The maximum Gasteiger partial charge on any atom is 0.348 e. The molecule has 0 spiro atoms. The van der Waals surface area contributed by atoms with E-state index >= 15 is 0 Å². The third-order valence-corrected chi connectivity index (χ3v) is 6.73. The Bertz CT molecular complexity index is 1190. The Morgan fingerprint density at radius 2 is 1.55 bits per heavy atom. The zero-order chi connectivity index (χ0) is 27.9. The Hall–Kier alpha value is -3.55. The first-order chi connectivity index (χ1) is 18.2. The molecule has 0 aromatic heterocycles. The van der Waals surface area contributed by atoms with Crippen molar-refractivity contribution in [3.05, 3.63) is 46.5 Å². The van der Waals surface area contributed by atoms with Gasteiger partial charge in [0.1, 0.15) is 23.0 Å². The Balaban J connectivity index is 1.73. The molecule has 2 aromatic carbocycles.